The van der Waals surface area contributed by atoms with Crippen LogP contribution >= 0.6 is 0 Å². The van der Waals surface area contributed by atoms with E-state index in [9.17, 15) is 4.79 Å². The van der Waals surface area contributed by atoms with Crippen LogP contribution in [0.3, 0.4) is 0 Å². The van der Waals surface area contributed by atoms with Gasteiger partial charge in [0.1, 0.15) is 5.76 Å². The van der Waals surface area contributed by atoms with Crippen LogP contribution in [0, 0.1) is 0 Å². The van der Waals surface area contributed by atoms with E-state index in [2.05, 4.69) is 0 Å². The molecule has 2 N–H and O–H groups in total. The zero-order chi connectivity index (χ0) is 10.4. The number of hydrogen-bond donors (Lipinski definition) is 1. The highest BCUT2D eigenvalue weighted by atomic mass is 16.5. The van der Waals surface area contributed by atoms with Gasteiger partial charge in [-0.2, -0.15) is 0 Å². The Morgan fingerprint density at radius 3 is 3.00 bits per heavy atom. The van der Waals surface area contributed by atoms with E-state index in [-0.39, 0.29) is 0 Å². The van der Waals surface area contributed by atoms with Crippen LogP contribution in [-0.2, 0) is 9.53 Å². The fraction of sp³-hybridized carbons (Fsp3) is 0.300. The van der Waals surface area contributed by atoms with E-state index in [1.165, 1.54) is 0 Å². The molecule has 1 aromatic rings. The van der Waals surface area contributed by atoms with Gasteiger partial charge in [-0.05, 0) is 18.2 Å². The van der Waals surface area contributed by atoms with Crippen LogP contribution in [0.2, 0.25) is 0 Å². The Morgan fingerprint density at radius 2 is 2.50 bits per heavy atom. The van der Waals surface area contributed by atoms with Gasteiger partial charge in [0, 0.05) is 19.1 Å². The molecule has 0 aromatic carbocycles. The van der Waals surface area contributed by atoms with Crippen LogP contribution in [0.25, 0.3) is 6.08 Å². The Bertz CT molecular complexity index is 314. The summed E-state index contributed by atoms with van der Waals surface area (Å²) in [6.07, 6.45) is 3.66. The number of primary amides is 1. The van der Waals surface area contributed by atoms with Crippen molar-refractivity contribution >= 4 is 12.0 Å². The first-order valence-corrected chi connectivity index (χ1v) is 4.27. The Balaban J connectivity index is 2.72. The van der Waals surface area contributed by atoms with Gasteiger partial charge in [-0.3, -0.25) is 4.79 Å². The van der Waals surface area contributed by atoms with Gasteiger partial charge in [-0.1, -0.05) is 0 Å². The molecule has 0 saturated carbocycles. The smallest absolute Gasteiger partial charge is 0.244 e. The SMILES string of the molecule is COCC/C(=C\c1ccco1)C(N)=O. The number of nitrogens with two attached hydrogens (primary N) is 1. The van der Waals surface area contributed by atoms with Crippen LogP contribution in [0.5, 0.6) is 0 Å². The van der Waals surface area contributed by atoms with Crippen LogP contribution in [0.15, 0.2) is 28.4 Å². The summed E-state index contributed by atoms with van der Waals surface area (Å²) < 4.78 is 9.93. The minimum absolute atomic E-state index is 0.446. The lowest BCUT2D eigenvalue weighted by atomic mass is 10.1. The van der Waals surface area contributed by atoms with E-state index in [1.807, 2.05) is 0 Å². The molecule has 0 unspecified atom stereocenters. The number of amides is 1. The number of carbonyl (C=O) groups excluding carboxylic acids is 1. The van der Waals surface area contributed by atoms with Crippen molar-refractivity contribution in [2.24, 2.45) is 5.73 Å². The molecule has 1 rings (SSSR count). The van der Waals surface area contributed by atoms with E-state index in [4.69, 9.17) is 14.9 Å². The zero-order valence-corrected chi connectivity index (χ0v) is 8.03. The summed E-state index contributed by atoms with van der Waals surface area (Å²) in [7, 11) is 1.57. The molecule has 4 nitrogen and oxygen atoms in total. The Hall–Kier alpha value is -1.55. The standard InChI is InChI=1S/C10H13NO3/c1-13-6-4-8(10(11)12)7-9-3-2-5-14-9/h2-3,5,7H,4,6H2,1H3,(H2,11,12)/b8-7+. The number of carbonyl (C=O) groups is 1. The van der Waals surface area contributed by atoms with Crippen molar-refractivity contribution in [2.45, 2.75) is 6.42 Å². The second-order valence-corrected chi connectivity index (χ2v) is 2.79. The van der Waals surface area contributed by atoms with Crippen LogP contribution in [0.4, 0.5) is 0 Å². The predicted molar refractivity (Wildman–Crippen MR) is 52.4 cm³/mol. The van der Waals surface area contributed by atoms with Gasteiger partial charge >= 0.3 is 0 Å². The lowest BCUT2D eigenvalue weighted by Crippen LogP contribution is -2.15. The number of methoxy groups -OCH3 is 1. The fourth-order valence-electron chi connectivity index (χ4n) is 1.02. The molecule has 76 valence electrons. The van der Waals surface area contributed by atoms with Gasteiger partial charge in [-0.25, -0.2) is 0 Å². The molecule has 1 heterocycles. The molecule has 0 aliphatic carbocycles. The average molecular weight is 195 g/mol. The predicted octanol–water partition coefficient (Wildman–Crippen LogP) is 1.18. The fourth-order valence-corrected chi connectivity index (χ4v) is 1.02. The maximum absolute atomic E-state index is 11.0. The second kappa shape index (κ2) is 5.24. The van der Waals surface area contributed by atoms with Crippen LogP contribution in [0.1, 0.15) is 12.2 Å². The van der Waals surface area contributed by atoms with E-state index in [0.29, 0.717) is 24.4 Å². The van der Waals surface area contributed by atoms with E-state index < -0.39 is 5.91 Å². The highest BCUT2D eigenvalue weighted by Gasteiger charge is 2.05. The third-order valence-electron chi connectivity index (χ3n) is 1.75. The van der Waals surface area contributed by atoms with Gasteiger partial charge in [-0.15, -0.1) is 0 Å². The Morgan fingerprint density at radius 1 is 1.71 bits per heavy atom. The highest BCUT2D eigenvalue weighted by molar-refractivity contribution is 5.96. The second-order valence-electron chi connectivity index (χ2n) is 2.79. The van der Waals surface area contributed by atoms with Crippen molar-refractivity contribution in [3.8, 4) is 0 Å². The molecule has 0 saturated heterocycles. The van der Waals surface area contributed by atoms with Crippen molar-refractivity contribution in [2.75, 3.05) is 13.7 Å². The molecule has 14 heavy (non-hydrogen) atoms. The van der Waals surface area contributed by atoms with E-state index in [1.54, 1.807) is 31.6 Å². The Labute approximate surface area is 82.3 Å². The molecular weight excluding hydrogens is 182 g/mol. The summed E-state index contributed by atoms with van der Waals surface area (Å²) in [4.78, 5) is 11.0. The molecule has 0 atom stereocenters. The van der Waals surface area contributed by atoms with Crippen LogP contribution in [-0.4, -0.2) is 19.6 Å². The summed E-state index contributed by atoms with van der Waals surface area (Å²) >= 11 is 0. The summed E-state index contributed by atoms with van der Waals surface area (Å²) in [5.41, 5.74) is 5.69. The first-order valence-electron chi connectivity index (χ1n) is 4.27. The Kier molecular flexibility index (Phi) is 3.94. The first-order chi connectivity index (χ1) is 6.74. The van der Waals surface area contributed by atoms with Crippen LogP contribution < -0.4 is 5.73 Å². The van der Waals surface area contributed by atoms with Crippen molar-refractivity contribution in [3.63, 3.8) is 0 Å². The van der Waals surface area contributed by atoms with Gasteiger partial charge in [0.25, 0.3) is 0 Å². The molecule has 1 amide bonds. The molecule has 4 heteroatoms. The van der Waals surface area contributed by atoms with Crippen molar-refractivity contribution in [3.05, 3.63) is 29.7 Å². The maximum atomic E-state index is 11.0. The number of rotatable bonds is 5. The largest absolute Gasteiger partial charge is 0.465 e. The molecule has 0 fully saturated rings. The number of hydrogen-bond acceptors (Lipinski definition) is 3. The minimum Gasteiger partial charge on any atom is -0.465 e. The third-order valence-corrected chi connectivity index (χ3v) is 1.75. The number of furan rings is 1. The van der Waals surface area contributed by atoms with E-state index in [0.717, 1.165) is 0 Å². The molecule has 0 spiro atoms. The summed E-state index contributed by atoms with van der Waals surface area (Å²) in [5, 5.41) is 0. The van der Waals surface area contributed by atoms with Gasteiger partial charge in [0.2, 0.25) is 5.91 Å². The topological polar surface area (TPSA) is 65.5 Å². The quantitative estimate of drug-likeness (QED) is 0.717. The first kappa shape index (κ1) is 10.5. The van der Waals surface area contributed by atoms with Crippen molar-refractivity contribution in [1.82, 2.24) is 0 Å². The van der Waals surface area contributed by atoms with Gasteiger partial charge in [0.15, 0.2) is 0 Å². The molecule has 0 aliphatic rings. The third kappa shape index (κ3) is 3.06. The molecule has 1 aromatic heterocycles. The van der Waals surface area contributed by atoms with E-state index >= 15 is 0 Å². The highest BCUT2D eigenvalue weighted by Crippen LogP contribution is 2.10. The van der Waals surface area contributed by atoms with Gasteiger partial charge < -0.3 is 14.9 Å². The lowest BCUT2D eigenvalue weighted by molar-refractivity contribution is -0.114. The van der Waals surface area contributed by atoms with Crippen molar-refractivity contribution in [1.29, 1.82) is 0 Å². The summed E-state index contributed by atoms with van der Waals surface area (Å²) in [6, 6.07) is 3.51. The maximum Gasteiger partial charge on any atom is 0.244 e. The normalized spacial score (nSPS) is 11.6. The average Bonchev–Trinajstić information content (AvgIpc) is 2.64. The molecule has 0 radical (unpaired) electrons. The summed E-state index contributed by atoms with van der Waals surface area (Å²) in [5.74, 6) is 0.174. The zero-order valence-electron chi connectivity index (χ0n) is 8.03. The summed E-state index contributed by atoms with van der Waals surface area (Å²) in [6.45, 7) is 0.468. The molecule has 0 aliphatic heterocycles. The lowest BCUT2D eigenvalue weighted by Gasteiger charge is -2.00. The minimum atomic E-state index is -0.446. The van der Waals surface area contributed by atoms with Gasteiger partial charge in [0.05, 0.1) is 12.9 Å². The van der Waals surface area contributed by atoms with Crippen molar-refractivity contribution < 1.29 is 13.9 Å². The number of ether oxygens (including phenoxy) is 1. The monoisotopic (exact) mass is 195 g/mol. The molecular formula is C10H13NO3. The molecule has 0 bridgehead atoms.